The molecular weight excluding hydrogens is 283 g/mol. The van der Waals surface area contributed by atoms with Gasteiger partial charge in [0.1, 0.15) is 0 Å². The van der Waals surface area contributed by atoms with Crippen molar-refractivity contribution in [2.24, 2.45) is 5.41 Å². The lowest BCUT2D eigenvalue weighted by Crippen LogP contribution is -2.23. The molecule has 21 heavy (non-hydrogen) atoms. The summed E-state index contributed by atoms with van der Waals surface area (Å²) in [6, 6.07) is 3.27. The molecule has 0 saturated heterocycles. The number of carboxylic acid groups (broad SMARTS) is 1. The highest BCUT2D eigenvalue weighted by atomic mass is 19.4. The Bertz CT molecular complexity index is 534. The fourth-order valence-corrected chi connectivity index (χ4v) is 2.80. The van der Waals surface area contributed by atoms with Crippen molar-refractivity contribution in [3.63, 3.8) is 0 Å². The van der Waals surface area contributed by atoms with Crippen LogP contribution in [0.25, 0.3) is 0 Å². The fourth-order valence-electron chi connectivity index (χ4n) is 2.80. The minimum atomic E-state index is -4.68. The molecule has 0 amide bonds. The van der Waals surface area contributed by atoms with Crippen molar-refractivity contribution in [2.75, 3.05) is 11.9 Å². The van der Waals surface area contributed by atoms with Crippen molar-refractivity contribution in [2.45, 2.75) is 38.8 Å². The molecule has 0 spiro atoms. The van der Waals surface area contributed by atoms with E-state index in [0.717, 1.165) is 37.8 Å². The summed E-state index contributed by atoms with van der Waals surface area (Å²) in [5.74, 6) is -1.57. The molecule has 0 aliphatic heterocycles. The second kappa shape index (κ2) is 5.58. The van der Waals surface area contributed by atoms with Gasteiger partial charge in [-0.2, -0.15) is 13.2 Å². The Morgan fingerprint density at radius 2 is 1.95 bits per heavy atom. The van der Waals surface area contributed by atoms with Crippen LogP contribution < -0.4 is 5.32 Å². The van der Waals surface area contributed by atoms with Gasteiger partial charge in [0.15, 0.2) is 0 Å². The smallest absolute Gasteiger partial charge is 0.417 e. The van der Waals surface area contributed by atoms with Crippen molar-refractivity contribution in [3.05, 3.63) is 29.3 Å². The number of aromatic carboxylic acids is 1. The highest BCUT2D eigenvalue weighted by Crippen LogP contribution is 2.38. The second-order valence-corrected chi connectivity index (χ2v) is 5.93. The quantitative estimate of drug-likeness (QED) is 0.866. The van der Waals surface area contributed by atoms with Crippen LogP contribution in [0.5, 0.6) is 0 Å². The molecule has 0 heterocycles. The average molecular weight is 301 g/mol. The molecule has 2 N–H and O–H groups in total. The van der Waals surface area contributed by atoms with E-state index in [1.807, 2.05) is 0 Å². The normalized spacial score (nSPS) is 17.7. The summed E-state index contributed by atoms with van der Waals surface area (Å²) < 4.78 is 38.7. The molecule has 6 heteroatoms. The Balaban J connectivity index is 2.19. The topological polar surface area (TPSA) is 49.3 Å². The largest absolute Gasteiger partial charge is 0.478 e. The molecule has 1 aliphatic carbocycles. The third-order valence-electron chi connectivity index (χ3n) is 4.09. The molecule has 116 valence electrons. The van der Waals surface area contributed by atoms with Gasteiger partial charge in [-0.3, -0.25) is 0 Å². The minimum absolute atomic E-state index is 0.101. The van der Waals surface area contributed by atoms with E-state index >= 15 is 0 Å². The fraction of sp³-hybridized carbons (Fsp3) is 0.533. The molecule has 1 saturated carbocycles. The van der Waals surface area contributed by atoms with Gasteiger partial charge in [0.2, 0.25) is 0 Å². The molecule has 1 fully saturated rings. The first-order chi connectivity index (χ1) is 9.71. The van der Waals surface area contributed by atoms with Crippen LogP contribution in [0.4, 0.5) is 18.9 Å². The maximum Gasteiger partial charge on any atom is 0.417 e. The number of rotatable bonds is 4. The van der Waals surface area contributed by atoms with E-state index in [4.69, 9.17) is 5.11 Å². The van der Waals surface area contributed by atoms with Gasteiger partial charge in [0.05, 0.1) is 11.1 Å². The Morgan fingerprint density at radius 1 is 1.33 bits per heavy atom. The van der Waals surface area contributed by atoms with Gasteiger partial charge in [0.25, 0.3) is 0 Å². The molecule has 1 aliphatic rings. The Kier molecular flexibility index (Phi) is 4.16. The van der Waals surface area contributed by atoms with Gasteiger partial charge in [-0.1, -0.05) is 19.8 Å². The lowest BCUT2D eigenvalue weighted by atomic mass is 9.89. The summed E-state index contributed by atoms with van der Waals surface area (Å²) in [7, 11) is 0. The molecule has 1 aromatic rings. The average Bonchev–Trinajstić information content (AvgIpc) is 2.82. The number of halogens is 3. The maximum atomic E-state index is 12.9. The SMILES string of the molecule is CC1(CNc2ccc(C(=O)O)c(C(F)(F)F)c2)CCCC1. The molecule has 2 rings (SSSR count). The van der Waals surface area contributed by atoms with Crippen molar-refractivity contribution in [3.8, 4) is 0 Å². The van der Waals surface area contributed by atoms with Gasteiger partial charge in [0, 0.05) is 12.2 Å². The first-order valence-corrected chi connectivity index (χ1v) is 6.90. The van der Waals surface area contributed by atoms with Crippen LogP contribution in [-0.4, -0.2) is 17.6 Å². The number of nitrogens with one attached hydrogen (secondary N) is 1. The van der Waals surface area contributed by atoms with E-state index < -0.39 is 23.3 Å². The van der Waals surface area contributed by atoms with Gasteiger partial charge in [-0.15, -0.1) is 0 Å². The van der Waals surface area contributed by atoms with Crippen LogP contribution in [-0.2, 0) is 6.18 Å². The number of benzene rings is 1. The van der Waals surface area contributed by atoms with E-state index in [1.165, 1.54) is 6.07 Å². The third-order valence-corrected chi connectivity index (χ3v) is 4.09. The highest BCUT2D eigenvalue weighted by molar-refractivity contribution is 5.90. The zero-order valence-corrected chi connectivity index (χ0v) is 11.8. The van der Waals surface area contributed by atoms with E-state index in [0.29, 0.717) is 12.2 Å². The van der Waals surface area contributed by atoms with Gasteiger partial charge in [-0.25, -0.2) is 4.79 Å². The Morgan fingerprint density at radius 3 is 2.48 bits per heavy atom. The molecule has 0 atom stereocenters. The van der Waals surface area contributed by atoms with E-state index in [-0.39, 0.29) is 5.41 Å². The van der Waals surface area contributed by atoms with Crippen molar-refractivity contribution in [1.29, 1.82) is 0 Å². The number of hydrogen-bond donors (Lipinski definition) is 2. The summed E-state index contributed by atoms with van der Waals surface area (Å²) in [5, 5.41) is 11.9. The summed E-state index contributed by atoms with van der Waals surface area (Å²) in [6.07, 6.45) is -0.283. The number of anilines is 1. The van der Waals surface area contributed by atoms with E-state index in [9.17, 15) is 18.0 Å². The zero-order valence-electron chi connectivity index (χ0n) is 11.8. The van der Waals surface area contributed by atoms with Crippen LogP contribution in [0.2, 0.25) is 0 Å². The van der Waals surface area contributed by atoms with Gasteiger partial charge in [-0.05, 0) is 36.5 Å². The Labute approximate surface area is 121 Å². The van der Waals surface area contributed by atoms with E-state index in [2.05, 4.69) is 12.2 Å². The molecule has 0 radical (unpaired) electrons. The lowest BCUT2D eigenvalue weighted by Gasteiger charge is -2.24. The summed E-state index contributed by atoms with van der Waals surface area (Å²) in [6.45, 7) is 2.71. The predicted octanol–water partition coefficient (Wildman–Crippen LogP) is 4.40. The number of hydrogen-bond acceptors (Lipinski definition) is 2. The molecule has 0 aromatic heterocycles. The molecule has 1 aromatic carbocycles. The first kappa shape index (κ1) is 15.7. The summed E-state index contributed by atoms with van der Waals surface area (Å²) in [5.41, 5.74) is -1.43. The highest BCUT2D eigenvalue weighted by Gasteiger charge is 2.36. The molecular formula is C15H18F3NO2. The summed E-state index contributed by atoms with van der Waals surface area (Å²) >= 11 is 0. The number of alkyl halides is 3. The Hall–Kier alpha value is -1.72. The first-order valence-electron chi connectivity index (χ1n) is 6.90. The number of carbonyl (C=O) groups is 1. The maximum absolute atomic E-state index is 12.9. The number of carboxylic acids is 1. The lowest BCUT2D eigenvalue weighted by molar-refractivity contribution is -0.138. The molecule has 3 nitrogen and oxygen atoms in total. The van der Waals surface area contributed by atoms with Crippen LogP contribution in [0, 0.1) is 5.41 Å². The van der Waals surface area contributed by atoms with Crippen LogP contribution in [0.3, 0.4) is 0 Å². The van der Waals surface area contributed by atoms with Crippen LogP contribution in [0.1, 0.15) is 48.5 Å². The van der Waals surface area contributed by atoms with Crippen molar-refractivity contribution in [1.82, 2.24) is 0 Å². The third kappa shape index (κ3) is 3.68. The standard InChI is InChI=1S/C15H18F3NO2/c1-14(6-2-3-7-14)9-19-10-4-5-11(13(20)21)12(8-10)15(16,17)18/h4-5,8,19H,2-3,6-7,9H2,1H3,(H,20,21). The molecule has 0 unspecified atom stereocenters. The van der Waals surface area contributed by atoms with E-state index in [1.54, 1.807) is 0 Å². The summed E-state index contributed by atoms with van der Waals surface area (Å²) in [4.78, 5) is 10.9. The van der Waals surface area contributed by atoms with Crippen molar-refractivity contribution >= 4 is 11.7 Å². The minimum Gasteiger partial charge on any atom is -0.478 e. The molecule has 0 bridgehead atoms. The van der Waals surface area contributed by atoms with Crippen molar-refractivity contribution < 1.29 is 23.1 Å². The van der Waals surface area contributed by atoms with Gasteiger partial charge >= 0.3 is 12.1 Å². The zero-order chi connectivity index (χ0) is 15.7. The van der Waals surface area contributed by atoms with Crippen LogP contribution in [0.15, 0.2) is 18.2 Å². The van der Waals surface area contributed by atoms with Crippen LogP contribution >= 0.6 is 0 Å². The predicted molar refractivity (Wildman–Crippen MR) is 73.5 cm³/mol. The monoisotopic (exact) mass is 301 g/mol. The van der Waals surface area contributed by atoms with Gasteiger partial charge < -0.3 is 10.4 Å². The second-order valence-electron chi connectivity index (χ2n) is 5.93.